The molecule has 3 aromatic rings. The molecule has 0 spiro atoms. The number of benzene rings is 2. The van der Waals surface area contributed by atoms with E-state index in [1.807, 2.05) is 60.7 Å². The number of hydrogen-bond donors (Lipinski definition) is 0. The largest absolute Gasteiger partial charge is 0.243 e. The van der Waals surface area contributed by atoms with Crippen molar-refractivity contribution in [2.75, 3.05) is 4.90 Å². The van der Waals surface area contributed by atoms with Crippen molar-refractivity contribution >= 4 is 17.5 Å². The molecular weight excluding hydrogens is 308 g/mol. The molecule has 0 saturated heterocycles. The van der Waals surface area contributed by atoms with Gasteiger partial charge in [-0.3, -0.25) is 0 Å². The summed E-state index contributed by atoms with van der Waals surface area (Å²) in [6.45, 7) is 0.432. The Hall–Kier alpha value is -2.90. The molecule has 0 bridgehead atoms. The van der Waals surface area contributed by atoms with Gasteiger partial charge in [-0.2, -0.15) is 5.26 Å². The predicted octanol–water partition coefficient (Wildman–Crippen LogP) is 4.28. The van der Waals surface area contributed by atoms with Crippen molar-refractivity contribution in [2.24, 2.45) is 0 Å². The lowest BCUT2D eigenvalue weighted by Crippen LogP contribution is -2.18. The smallest absolute Gasteiger partial charge is 0.239 e. The molecule has 0 unspecified atom stereocenters. The third-order valence-corrected chi connectivity index (χ3v) is 3.58. The normalized spacial score (nSPS) is 10.1. The molecule has 0 fully saturated rings. The van der Waals surface area contributed by atoms with E-state index >= 15 is 0 Å². The Morgan fingerprint density at radius 2 is 1.74 bits per heavy atom. The molecule has 1 heterocycles. The van der Waals surface area contributed by atoms with Crippen LogP contribution in [-0.2, 0) is 6.54 Å². The second kappa shape index (κ2) is 6.91. The Morgan fingerprint density at radius 1 is 1.00 bits per heavy atom. The third-order valence-electron chi connectivity index (χ3n) is 3.33. The number of hydrogen-bond acceptors (Lipinski definition) is 4. The first-order chi connectivity index (χ1) is 11.3. The Morgan fingerprint density at radius 3 is 2.43 bits per heavy atom. The van der Waals surface area contributed by atoms with Gasteiger partial charge in [0.25, 0.3) is 0 Å². The van der Waals surface area contributed by atoms with Gasteiger partial charge in [0.1, 0.15) is 0 Å². The molecule has 112 valence electrons. The van der Waals surface area contributed by atoms with E-state index in [-0.39, 0.29) is 0 Å². The molecule has 3 rings (SSSR count). The fourth-order valence-electron chi connectivity index (χ4n) is 2.18. The van der Waals surface area contributed by atoms with E-state index in [2.05, 4.69) is 16.2 Å². The van der Waals surface area contributed by atoms with Gasteiger partial charge < -0.3 is 0 Å². The fourth-order valence-corrected chi connectivity index (χ4v) is 2.30. The first kappa shape index (κ1) is 15.0. The van der Waals surface area contributed by atoms with E-state index in [4.69, 9.17) is 11.6 Å². The summed E-state index contributed by atoms with van der Waals surface area (Å²) < 4.78 is 0. The maximum atomic E-state index is 9.42. The summed E-state index contributed by atoms with van der Waals surface area (Å²) in [7, 11) is 0. The highest BCUT2D eigenvalue weighted by atomic mass is 35.5. The van der Waals surface area contributed by atoms with Crippen LogP contribution in [0.1, 0.15) is 5.56 Å². The maximum absolute atomic E-state index is 9.42. The monoisotopic (exact) mass is 320 g/mol. The van der Waals surface area contributed by atoms with Crippen molar-refractivity contribution in [3.63, 3.8) is 0 Å². The first-order valence-electron chi connectivity index (χ1n) is 7.06. The first-order valence-corrected chi connectivity index (χ1v) is 7.44. The summed E-state index contributed by atoms with van der Waals surface area (Å²) in [5.41, 5.74) is 2.70. The molecule has 0 aliphatic carbocycles. The minimum Gasteiger partial charge on any atom is -0.243 e. The van der Waals surface area contributed by atoms with Crippen molar-refractivity contribution < 1.29 is 0 Å². The second-order valence-corrected chi connectivity index (χ2v) is 5.36. The Balaban J connectivity index is 1.88. The van der Waals surface area contributed by atoms with Gasteiger partial charge >= 0.3 is 0 Å². The summed E-state index contributed by atoms with van der Waals surface area (Å²) >= 11 is 5.91. The molecular formula is C18H13ClN4. The summed E-state index contributed by atoms with van der Waals surface area (Å²) in [5.74, 6) is 0.379. The van der Waals surface area contributed by atoms with Gasteiger partial charge in [-0.1, -0.05) is 54.1 Å². The van der Waals surface area contributed by atoms with Gasteiger partial charge in [0.2, 0.25) is 5.95 Å². The van der Waals surface area contributed by atoms with Crippen LogP contribution >= 0.6 is 11.6 Å². The summed E-state index contributed by atoms with van der Waals surface area (Å²) in [5, 5.41) is 10.1. The van der Waals surface area contributed by atoms with Crippen LogP contribution in [-0.4, -0.2) is 9.97 Å². The highest BCUT2D eigenvalue weighted by Gasteiger charge is 2.11. The lowest BCUT2D eigenvalue weighted by molar-refractivity contribution is 0.915. The van der Waals surface area contributed by atoms with Crippen molar-refractivity contribution in [3.05, 3.63) is 77.4 Å². The van der Waals surface area contributed by atoms with Crippen molar-refractivity contribution in [1.29, 1.82) is 5.26 Å². The lowest BCUT2D eigenvalue weighted by Gasteiger charge is -2.14. The van der Waals surface area contributed by atoms with Crippen LogP contribution in [0.25, 0.3) is 11.3 Å². The molecule has 4 nitrogen and oxygen atoms in total. The van der Waals surface area contributed by atoms with E-state index in [0.717, 1.165) is 16.8 Å². The van der Waals surface area contributed by atoms with Crippen LogP contribution in [0.2, 0.25) is 5.02 Å². The summed E-state index contributed by atoms with van der Waals surface area (Å²) in [4.78, 5) is 10.2. The Bertz CT molecular complexity index is 826. The molecule has 0 saturated carbocycles. The topological polar surface area (TPSA) is 52.8 Å². The zero-order valence-electron chi connectivity index (χ0n) is 12.2. The third kappa shape index (κ3) is 3.65. The maximum Gasteiger partial charge on any atom is 0.239 e. The molecule has 23 heavy (non-hydrogen) atoms. The molecule has 0 amide bonds. The number of aromatic nitrogens is 2. The van der Waals surface area contributed by atoms with Gasteiger partial charge in [-0.05, 0) is 23.8 Å². The van der Waals surface area contributed by atoms with Crippen LogP contribution in [0.4, 0.5) is 5.95 Å². The minimum atomic E-state index is 0.379. The number of rotatable bonds is 4. The van der Waals surface area contributed by atoms with E-state index in [1.54, 1.807) is 6.20 Å². The number of anilines is 1. The highest BCUT2D eigenvalue weighted by molar-refractivity contribution is 6.30. The van der Waals surface area contributed by atoms with Gasteiger partial charge in [0.05, 0.1) is 12.2 Å². The van der Waals surface area contributed by atoms with Gasteiger partial charge in [-0.25, -0.2) is 14.9 Å². The summed E-state index contributed by atoms with van der Waals surface area (Å²) in [6, 6.07) is 19.0. The van der Waals surface area contributed by atoms with Crippen molar-refractivity contribution in [2.45, 2.75) is 6.54 Å². The van der Waals surface area contributed by atoms with E-state index in [1.165, 1.54) is 4.90 Å². The molecule has 5 heteroatoms. The fraction of sp³-hybridized carbons (Fsp3) is 0.0556. The Labute approximate surface area is 139 Å². The molecule has 0 atom stereocenters. The van der Waals surface area contributed by atoms with E-state index < -0.39 is 0 Å². The molecule has 1 aromatic heterocycles. The average Bonchev–Trinajstić information content (AvgIpc) is 2.61. The number of halogens is 1. The molecule has 0 radical (unpaired) electrons. The zero-order valence-corrected chi connectivity index (χ0v) is 13.0. The SMILES string of the molecule is N#CN(Cc1ccccc1)c1nccc(-c2ccc(Cl)cc2)n1. The minimum absolute atomic E-state index is 0.379. The van der Waals surface area contributed by atoms with Crippen molar-refractivity contribution in [1.82, 2.24) is 9.97 Å². The predicted molar refractivity (Wildman–Crippen MR) is 90.7 cm³/mol. The van der Waals surface area contributed by atoms with Gasteiger partial charge in [0, 0.05) is 16.8 Å². The average molecular weight is 321 g/mol. The quantitative estimate of drug-likeness (QED) is 0.531. The van der Waals surface area contributed by atoms with Crippen LogP contribution < -0.4 is 4.90 Å². The Kier molecular flexibility index (Phi) is 4.51. The van der Waals surface area contributed by atoms with E-state index in [0.29, 0.717) is 17.5 Å². The standard InChI is InChI=1S/C18H13ClN4/c19-16-8-6-15(7-9-16)17-10-11-21-18(22-17)23(13-20)12-14-4-2-1-3-5-14/h1-11H,12H2. The molecule has 0 N–H and O–H groups in total. The van der Waals surface area contributed by atoms with Gasteiger partial charge in [-0.15, -0.1) is 0 Å². The van der Waals surface area contributed by atoms with Crippen LogP contribution in [0.15, 0.2) is 66.9 Å². The number of nitriles is 1. The van der Waals surface area contributed by atoms with Crippen LogP contribution in [0.5, 0.6) is 0 Å². The van der Waals surface area contributed by atoms with Crippen LogP contribution in [0.3, 0.4) is 0 Å². The highest BCUT2D eigenvalue weighted by Crippen LogP contribution is 2.21. The molecule has 2 aromatic carbocycles. The second-order valence-electron chi connectivity index (χ2n) is 4.92. The molecule has 0 aliphatic heterocycles. The van der Waals surface area contributed by atoms with Crippen molar-refractivity contribution in [3.8, 4) is 17.5 Å². The zero-order chi connectivity index (χ0) is 16.1. The van der Waals surface area contributed by atoms with Gasteiger partial charge in [0.15, 0.2) is 6.19 Å². The van der Waals surface area contributed by atoms with E-state index in [9.17, 15) is 5.26 Å². The summed E-state index contributed by atoms with van der Waals surface area (Å²) in [6.07, 6.45) is 3.80. The molecule has 0 aliphatic rings. The van der Waals surface area contributed by atoms with Crippen LogP contribution in [0, 0.1) is 11.5 Å². The lowest BCUT2D eigenvalue weighted by atomic mass is 10.1. The number of nitrogens with zero attached hydrogens (tertiary/aromatic N) is 4.